The first-order valence-electron chi connectivity index (χ1n) is 15.4. The van der Waals surface area contributed by atoms with Crippen molar-refractivity contribution in [2.24, 2.45) is 0 Å². The molecule has 7 rings (SSSR count). The maximum Gasteiger partial charge on any atom is 0.338 e. The van der Waals surface area contributed by atoms with Crippen LogP contribution in [0, 0.1) is 0 Å². The van der Waals surface area contributed by atoms with Crippen LogP contribution in [0.1, 0.15) is 105 Å². The molecule has 0 amide bonds. The number of fused-ring (bicyclic) bond motifs is 1. The first-order chi connectivity index (χ1) is 20.6. The lowest BCUT2D eigenvalue weighted by Gasteiger charge is -2.49. The van der Waals surface area contributed by atoms with Gasteiger partial charge in [0.15, 0.2) is 12.2 Å². The molecule has 0 N–H and O–H groups in total. The van der Waals surface area contributed by atoms with Crippen LogP contribution in [-0.2, 0) is 22.3 Å². The molecule has 2 bridgehead atoms. The van der Waals surface area contributed by atoms with Crippen molar-refractivity contribution in [3.63, 3.8) is 0 Å². The molecule has 2 unspecified atom stereocenters. The van der Waals surface area contributed by atoms with Gasteiger partial charge in [0, 0.05) is 0 Å². The number of carbonyl (C=O) groups excluding carboxylic acids is 2. The Hall–Kier alpha value is -4.18. The zero-order valence-electron chi connectivity index (χ0n) is 24.4. The molecule has 4 aromatic carbocycles. The molecule has 0 saturated carbocycles. The zero-order chi connectivity index (χ0) is 29.1. The van der Waals surface area contributed by atoms with E-state index in [-0.39, 0.29) is 23.8 Å². The fourth-order valence-corrected chi connectivity index (χ4v) is 6.83. The van der Waals surface area contributed by atoms with E-state index in [2.05, 4.69) is 38.1 Å². The van der Waals surface area contributed by atoms with Crippen LogP contribution in [0.2, 0.25) is 0 Å². The van der Waals surface area contributed by atoms with E-state index in [4.69, 9.17) is 9.47 Å². The van der Waals surface area contributed by atoms with E-state index in [0.29, 0.717) is 11.1 Å². The van der Waals surface area contributed by atoms with Gasteiger partial charge in [-0.15, -0.1) is 0 Å². The van der Waals surface area contributed by atoms with Gasteiger partial charge in [-0.3, -0.25) is 0 Å². The van der Waals surface area contributed by atoms with Gasteiger partial charge in [0.25, 0.3) is 0 Å². The SMILES string of the molecule is CCCCc1ccccc1C(=O)OC1C(OC(=O)c2ccccc2CCCC)[C@H]2c3ccccc3[C@H]1c1ccccc12. The largest absolute Gasteiger partial charge is 0.454 e. The summed E-state index contributed by atoms with van der Waals surface area (Å²) in [5.41, 5.74) is 7.69. The van der Waals surface area contributed by atoms with E-state index in [1.54, 1.807) is 0 Å². The Bertz CT molecular complexity index is 1420. The van der Waals surface area contributed by atoms with Gasteiger partial charge in [-0.05, 0) is 71.2 Å². The van der Waals surface area contributed by atoms with Gasteiger partial charge in [-0.25, -0.2) is 9.59 Å². The maximum atomic E-state index is 13.9. The summed E-state index contributed by atoms with van der Waals surface area (Å²) < 4.78 is 12.9. The second-order valence-corrected chi connectivity index (χ2v) is 11.5. The number of aryl methyl sites for hydroxylation is 2. The van der Waals surface area contributed by atoms with Crippen LogP contribution >= 0.6 is 0 Å². The summed E-state index contributed by atoms with van der Waals surface area (Å²) in [4.78, 5) is 27.8. The Morgan fingerprint density at radius 1 is 0.524 bits per heavy atom. The van der Waals surface area contributed by atoms with E-state index in [1.165, 1.54) is 0 Å². The monoisotopic (exact) mass is 558 g/mol. The summed E-state index contributed by atoms with van der Waals surface area (Å²) in [6, 6.07) is 32.0. The second-order valence-electron chi connectivity index (χ2n) is 11.5. The lowest BCUT2D eigenvalue weighted by molar-refractivity contribution is -0.0558. The van der Waals surface area contributed by atoms with Crippen molar-refractivity contribution in [3.8, 4) is 0 Å². The third-order valence-electron chi connectivity index (χ3n) is 8.87. The van der Waals surface area contributed by atoms with Crippen molar-refractivity contribution in [2.45, 2.75) is 76.4 Å². The van der Waals surface area contributed by atoms with Gasteiger partial charge in [-0.2, -0.15) is 0 Å². The van der Waals surface area contributed by atoms with Crippen molar-refractivity contribution in [1.82, 2.24) is 0 Å². The Labute approximate surface area is 248 Å². The molecule has 42 heavy (non-hydrogen) atoms. The summed E-state index contributed by atoms with van der Waals surface area (Å²) >= 11 is 0. The molecule has 4 heteroatoms. The highest BCUT2D eigenvalue weighted by Gasteiger charge is 2.53. The highest BCUT2D eigenvalue weighted by Crippen LogP contribution is 2.55. The molecular weight excluding hydrogens is 520 g/mol. The summed E-state index contributed by atoms with van der Waals surface area (Å²) in [6.45, 7) is 4.29. The van der Waals surface area contributed by atoms with Crippen LogP contribution in [0.25, 0.3) is 0 Å². The zero-order valence-corrected chi connectivity index (χ0v) is 24.4. The van der Waals surface area contributed by atoms with Crippen LogP contribution < -0.4 is 0 Å². The second kappa shape index (κ2) is 12.4. The molecule has 0 aromatic heterocycles. The van der Waals surface area contributed by atoms with Gasteiger partial charge >= 0.3 is 11.9 Å². The Balaban J connectivity index is 1.41. The normalized spacial score (nSPS) is 20.0. The van der Waals surface area contributed by atoms with Crippen molar-refractivity contribution in [2.75, 3.05) is 0 Å². The van der Waals surface area contributed by atoms with Crippen molar-refractivity contribution < 1.29 is 19.1 Å². The van der Waals surface area contributed by atoms with Crippen molar-refractivity contribution in [3.05, 3.63) is 142 Å². The topological polar surface area (TPSA) is 52.6 Å². The Morgan fingerprint density at radius 3 is 1.21 bits per heavy atom. The van der Waals surface area contributed by atoms with Crippen molar-refractivity contribution >= 4 is 11.9 Å². The van der Waals surface area contributed by atoms with Crippen LogP contribution in [0.4, 0.5) is 0 Å². The number of hydrogen-bond donors (Lipinski definition) is 0. The Kier molecular flexibility index (Phi) is 8.23. The molecule has 0 aliphatic heterocycles. The minimum atomic E-state index is -0.654. The number of rotatable bonds is 10. The average Bonchev–Trinajstić information content (AvgIpc) is 3.03. The van der Waals surface area contributed by atoms with Gasteiger partial charge in [0.2, 0.25) is 0 Å². The summed E-state index contributed by atoms with van der Waals surface area (Å²) in [5.74, 6) is -1.19. The average molecular weight is 559 g/mol. The standard InChI is InChI=1S/C38H38O4/c1-3-5-15-25-17-7-9-19-27(25)37(39)41-35-33-29-21-11-13-23-31(29)34(32-24-14-12-22-30(32)33)36(35)42-38(40)28-20-10-8-18-26(28)16-6-4-2/h7-14,17-24,33-36H,3-6,15-16H2,1-2H3/t33-,34-,35?,36?. The molecule has 3 aliphatic carbocycles. The number of ether oxygens (including phenoxy) is 2. The number of hydrogen-bond acceptors (Lipinski definition) is 4. The molecule has 3 aliphatic rings. The summed E-state index contributed by atoms with van der Waals surface area (Å²) in [6.07, 6.45) is 4.40. The molecule has 0 heterocycles. The van der Waals surface area contributed by atoms with E-state index in [1.807, 2.05) is 72.8 Å². The molecule has 214 valence electrons. The fraction of sp³-hybridized carbons (Fsp3) is 0.316. The Morgan fingerprint density at radius 2 is 0.857 bits per heavy atom. The van der Waals surface area contributed by atoms with E-state index in [9.17, 15) is 9.59 Å². The van der Waals surface area contributed by atoms with E-state index in [0.717, 1.165) is 71.9 Å². The predicted octanol–water partition coefficient (Wildman–Crippen LogP) is 8.41. The first kappa shape index (κ1) is 28.0. The minimum Gasteiger partial charge on any atom is -0.454 e. The van der Waals surface area contributed by atoms with Crippen LogP contribution in [0.3, 0.4) is 0 Å². The van der Waals surface area contributed by atoms with Crippen molar-refractivity contribution in [1.29, 1.82) is 0 Å². The fourth-order valence-electron chi connectivity index (χ4n) is 6.83. The first-order valence-corrected chi connectivity index (χ1v) is 15.4. The summed E-state index contributed by atoms with van der Waals surface area (Å²) in [5, 5.41) is 0. The molecule has 4 aromatic rings. The van der Waals surface area contributed by atoms with Crippen LogP contribution in [-0.4, -0.2) is 24.1 Å². The quantitative estimate of drug-likeness (QED) is 0.183. The third kappa shape index (κ3) is 5.15. The number of carbonyl (C=O) groups is 2. The highest BCUT2D eigenvalue weighted by atomic mass is 16.6. The number of unbranched alkanes of at least 4 members (excludes halogenated alkanes) is 2. The van der Waals surface area contributed by atoms with E-state index < -0.39 is 12.2 Å². The smallest absolute Gasteiger partial charge is 0.338 e. The van der Waals surface area contributed by atoms with Crippen LogP contribution in [0.15, 0.2) is 97.1 Å². The highest BCUT2D eigenvalue weighted by molar-refractivity contribution is 5.92. The molecule has 0 spiro atoms. The summed E-state index contributed by atoms with van der Waals surface area (Å²) in [7, 11) is 0. The van der Waals surface area contributed by atoms with Gasteiger partial charge in [0.05, 0.1) is 23.0 Å². The van der Waals surface area contributed by atoms with Gasteiger partial charge < -0.3 is 9.47 Å². The molecule has 0 fully saturated rings. The predicted molar refractivity (Wildman–Crippen MR) is 165 cm³/mol. The minimum absolute atomic E-state index is 0.234. The number of benzene rings is 4. The van der Waals surface area contributed by atoms with Gasteiger partial charge in [-0.1, -0.05) is 112 Å². The molecular formula is C38H38O4. The number of esters is 2. The van der Waals surface area contributed by atoms with Crippen LogP contribution in [0.5, 0.6) is 0 Å². The van der Waals surface area contributed by atoms with Gasteiger partial charge in [0.1, 0.15) is 0 Å². The third-order valence-corrected chi connectivity index (χ3v) is 8.87. The lowest BCUT2D eigenvalue weighted by Crippen LogP contribution is -2.51. The maximum absolute atomic E-state index is 13.9. The molecule has 0 radical (unpaired) electrons. The molecule has 0 saturated heterocycles. The molecule has 2 atom stereocenters. The molecule has 4 nitrogen and oxygen atoms in total. The van der Waals surface area contributed by atoms with E-state index >= 15 is 0 Å². The lowest BCUT2D eigenvalue weighted by atomic mass is 9.61.